The second-order valence-corrected chi connectivity index (χ2v) is 4.92. The summed E-state index contributed by atoms with van der Waals surface area (Å²) in [5.74, 6) is 0.156. The van der Waals surface area contributed by atoms with Crippen LogP contribution >= 0.6 is 12.4 Å². The first-order valence-electron chi connectivity index (χ1n) is 6.22. The summed E-state index contributed by atoms with van der Waals surface area (Å²) in [6, 6.07) is 9.79. The summed E-state index contributed by atoms with van der Waals surface area (Å²) in [7, 11) is 1.85. The van der Waals surface area contributed by atoms with Crippen LogP contribution in [-0.4, -0.2) is 25.0 Å². The molecule has 4 heteroatoms. The first-order chi connectivity index (χ1) is 8.13. The zero-order valence-corrected chi connectivity index (χ0v) is 11.8. The summed E-state index contributed by atoms with van der Waals surface area (Å²) in [5.41, 5.74) is 0.550. The van der Waals surface area contributed by atoms with E-state index in [1.54, 1.807) is 4.90 Å². The fraction of sp³-hybridized carbons (Fsp3) is 0.500. The molecule has 0 aliphatic carbocycles. The first-order valence-corrected chi connectivity index (χ1v) is 6.22. The van der Waals surface area contributed by atoms with Gasteiger partial charge in [-0.2, -0.15) is 0 Å². The van der Waals surface area contributed by atoms with E-state index in [4.69, 9.17) is 0 Å². The minimum Gasteiger partial charge on any atom is -0.314 e. The van der Waals surface area contributed by atoms with E-state index in [9.17, 15) is 4.79 Å². The van der Waals surface area contributed by atoms with Crippen LogP contribution in [0.5, 0.6) is 0 Å². The second kappa shape index (κ2) is 6.21. The molecule has 0 saturated carbocycles. The third kappa shape index (κ3) is 3.03. The van der Waals surface area contributed by atoms with Crippen molar-refractivity contribution in [1.29, 1.82) is 0 Å². The predicted molar refractivity (Wildman–Crippen MR) is 77.4 cm³/mol. The van der Waals surface area contributed by atoms with E-state index in [-0.39, 0.29) is 18.3 Å². The van der Waals surface area contributed by atoms with Crippen LogP contribution in [0.3, 0.4) is 0 Å². The topological polar surface area (TPSA) is 32.3 Å². The van der Waals surface area contributed by atoms with E-state index in [1.807, 2.05) is 44.3 Å². The van der Waals surface area contributed by atoms with Crippen LogP contribution in [0.1, 0.15) is 26.2 Å². The fourth-order valence-electron chi connectivity index (χ4n) is 2.38. The number of benzene rings is 1. The lowest BCUT2D eigenvalue weighted by molar-refractivity contribution is -0.124. The zero-order chi connectivity index (χ0) is 12.3. The lowest BCUT2D eigenvalue weighted by Crippen LogP contribution is -2.57. The van der Waals surface area contributed by atoms with Gasteiger partial charge in [-0.1, -0.05) is 18.2 Å². The number of hydrogen-bond acceptors (Lipinski definition) is 2. The number of nitrogens with one attached hydrogen (secondary N) is 1. The van der Waals surface area contributed by atoms with Gasteiger partial charge in [-0.25, -0.2) is 0 Å². The smallest absolute Gasteiger partial charge is 0.246 e. The summed E-state index contributed by atoms with van der Waals surface area (Å²) in [6.45, 7) is 2.94. The van der Waals surface area contributed by atoms with Crippen molar-refractivity contribution in [2.24, 2.45) is 0 Å². The van der Waals surface area contributed by atoms with Crippen molar-refractivity contribution in [2.45, 2.75) is 31.7 Å². The molecule has 1 heterocycles. The van der Waals surface area contributed by atoms with Crippen molar-refractivity contribution in [3.05, 3.63) is 30.3 Å². The Kier molecular flexibility index (Phi) is 5.17. The van der Waals surface area contributed by atoms with E-state index in [1.165, 1.54) is 0 Å². The number of likely N-dealkylation sites (N-methyl/N-ethyl adjacent to an activating group) is 1. The van der Waals surface area contributed by atoms with Crippen LogP contribution in [-0.2, 0) is 4.79 Å². The van der Waals surface area contributed by atoms with E-state index >= 15 is 0 Å². The number of carbonyl (C=O) groups excluding carboxylic acids is 1. The first kappa shape index (κ1) is 15.0. The van der Waals surface area contributed by atoms with Gasteiger partial charge in [-0.3, -0.25) is 4.79 Å². The second-order valence-electron chi connectivity index (χ2n) is 4.92. The molecular formula is C14H21ClN2O. The third-order valence-corrected chi connectivity index (χ3v) is 3.54. The lowest BCUT2D eigenvalue weighted by Gasteiger charge is -2.36. The van der Waals surface area contributed by atoms with E-state index in [0.29, 0.717) is 0 Å². The number of hydrogen-bond donors (Lipinski definition) is 1. The molecule has 1 unspecified atom stereocenters. The number of piperidine rings is 1. The van der Waals surface area contributed by atoms with Gasteiger partial charge in [0.05, 0.1) is 5.54 Å². The average molecular weight is 269 g/mol. The van der Waals surface area contributed by atoms with Crippen LogP contribution in [0.25, 0.3) is 0 Å². The van der Waals surface area contributed by atoms with Gasteiger partial charge in [0.15, 0.2) is 0 Å². The molecule has 1 N–H and O–H groups in total. The maximum Gasteiger partial charge on any atom is 0.246 e. The highest BCUT2D eigenvalue weighted by Gasteiger charge is 2.36. The van der Waals surface area contributed by atoms with Crippen LogP contribution < -0.4 is 10.2 Å². The summed E-state index contributed by atoms with van der Waals surface area (Å²) >= 11 is 0. The normalized spacial score (nSPS) is 23.0. The zero-order valence-electron chi connectivity index (χ0n) is 11.0. The molecule has 100 valence electrons. The van der Waals surface area contributed by atoms with E-state index in [2.05, 4.69) is 5.32 Å². The van der Waals surface area contributed by atoms with Gasteiger partial charge in [0.2, 0.25) is 5.91 Å². The highest BCUT2D eigenvalue weighted by Crippen LogP contribution is 2.23. The Morgan fingerprint density at radius 2 is 1.94 bits per heavy atom. The highest BCUT2D eigenvalue weighted by atomic mass is 35.5. The maximum absolute atomic E-state index is 12.5. The van der Waals surface area contributed by atoms with Crippen molar-refractivity contribution >= 4 is 24.0 Å². The number of amides is 1. The lowest BCUT2D eigenvalue weighted by atomic mass is 9.89. The average Bonchev–Trinajstić information content (AvgIpc) is 2.39. The molecule has 0 spiro atoms. The molecular weight excluding hydrogens is 248 g/mol. The maximum atomic E-state index is 12.5. The molecule has 1 aromatic rings. The SMILES string of the molecule is CN(C(=O)C1(C)CCCCN1)c1ccccc1.Cl. The van der Waals surface area contributed by atoms with Crippen molar-refractivity contribution in [1.82, 2.24) is 5.32 Å². The van der Waals surface area contributed by atoms with Crippen LogP contribution in [0.2, 0.25) is 0 Å². The van der Waals surface area contributed by atoms with Gasteiger partial charge in [0.1, 0.15) is 0 Å². The van der Waals surface area contributed by atoms with E-state index in [0.717, 1.165) is 31.5 Å². The summed E-state index contributed by atoms with van der Waals surface area (Å²) < 4.78 is 0. The quantitative estimate of drug-likeness (QED) is 0.894. The van der Waals surface area contributed by atoms with Crippen molar-refractivity contribution in [2.75, 3.05) is 18.5 Å². The number of anilines is 1. The number of rotatable bonds is 2. The Bertz CT molecular complexity index is 388. The molecule has 1 aromatic carbocycles. The molecule has 2 rings (SSSR count). The van der Waals surface area contributed by atoms with Gasteiger partial charge in [-0.05, 0) is 44.9 Å². The summed E-state index contributed by atoms with van der Waals surface area (Å²) in [6.07, 6.45) is 3.21. The molecule has 3 nitrogen and oxygen atoms in total. The molecule has 1 amide bonds. The van der Waals surface area contributed by atoms with Gasteiger partial charge in [0, 0.05) is 12.7 Å². The van der Waals surface area contributed by atoms with E-state index < -0.39 is 5.54 Å². The van der Waals surface area contributed by atoms with Crippen molar-refractivity contribution in [3.8, 4) is 0 Å². The molecule has 1 fully saturated rings. The molecule has 1 atom stereocenters. The molecule has 18 heavy (non-hydrogen) atoms. The number of halogens is 1. The monoisotopic (exact) mass is 268 g/mol. The molecule has 1 saturated heterocycles. The van der Waals surface area contributed by atoms with Crippen LogP contribution in [0.4, 0.5) is 5.69 Å². The Labute approximate surface area is 115 Å². The minimum absolute atomic E-state index is 0. The van der Waals surface area contributed by atoms with Gasteiger partial charge >= 0.3 is 0 Å². The Hall–Kier alpha value is -1.06. The van der Waals surface area contributed by atoms with Crippen molar-refractivity contribution in [3.63, 3.8) is 0 Å². The minimum atomic E-state index is -0.400. The van der Waals surface area contributed by atoms with Crippen molar-refractivity contribution < 1.29 is 4.79 Å². The Balaban J connectivity index is 0.00000162. The number of para-hydroxylation sites is 1. The number of nitrogens with zero attached hydrogens (tertiary/aromatic N) is 1. The van der Waals surface area contributed by atoms with Crippen LogP contribution in [0.15, 0.2) is 30.3 Å². The highest BCUT2D eigenvalue weighted by molar-refractivity contribution is 5.99. The molecule has 0 radical (unpaired) electrons. The fourth-order valence-corrected chi connectivity index (χ4v) is 2.38. The molecule has 1 aliphatic rings. The number of carbonyl (C=O) groups is 1. The van der Waals surface area contributed by atoms with Crippen LogP contribution in [0, 0.1) is 0 Å². The Morgan fingerprint density at radius 1 is 1.28 bits per heavy atom. The molecule has 0 aromatic heterocycles. The third-order valence-electron chi connectivity index (χ3n) is 3.54. The molecule has 0 bridgehead atoms. The Morgan fingerprint density at radius 3 is 2.50 bits per heavy atom. The summed E-state index contributed by atoms with van der Waals surface area (Å²) in [5, 5.41) is 3.35. The predicted octanol–water partition coefficient (Wildman–Crippen LogP) is 2.60. The standard InChI is InChI=1S/C14H20N2O.ClH/c1-14(10-6-7-11-15-14)13(17)16(2)12-8-4-3-5-9-12;/h3-5,8-9,15H,6-7,10-11H2,1-2H3;1H. The van der Waals surface area contributed by atoms with Gasteiger partial charge in [0.25, 0.3) is 0 Å². The summed E-state index contributed by atoms with van der Waals surface area (Å²) in [4.78, 5) is 14.2. The van der Waals surface area contributed by atoms with Gasteiger partial charge in [-0.15, -0.1) is 12.4 Å². The van der Waals surface area contributed by atoms with Gasteiger partial charge < -0.3 is 10.2 Å². The largest absolute Gasteiger partial charge is 0.314 e. The molecule has 1 aliphatic heterocycles.